The Morgan fingerprint density at radius 3 is 2.26 bits per heavy atom. The van der Waals surface area contributed by atoms with E-state index in [-0.39, 0.29) is 23.6 Å². The number of hydrogen-bond acceptors (Lipinski definition) is 4. The third kappa shape index (κ3) is 6.88. The summed E-state index contributed by atoms with van der Waals surface area (Å²) in [5.74, 6) is -7.13. The molecule has 31 heavy (non-hydrogen) atoms. The second-order valence-corrected chi connectivity index (χ2v) is 6.74. The van der Waals surface area contributed by atoms with Crippen molar-refractivity contribution in [3.8, 4) is 0 Å². The predicted octanol–water partition coefficient (Wildman–Crippen LogP) is 1.27. The van der Waals surface area contributed by atoms with Gasteiger partial charge in [-0.1, -0.05) is 36.4 Å². The smallest absolute Gasteiger partial charge is 0.324 e. The van der Waals surface area contributed by atoms with E-state index < -0.39 is 36.1 Å². The lowest BCUT2D eigenvalue weighted by Crippen LogP contribution is -2.53. The molecule has 0 saturated heterocycles. The van der Waals surface area contributed by atoms with Crippen LogP contribution in [0.25, 0.3) is 0 Å². The maximum atomic E-state index is 14.5. The van der Waals surface area contributed by atoms with E-state index >= 15 is 0 Å². The summed E-state index contributed by atoms with van der Waals surface area (Å²) in [5.41, 5.74) is 11.7. The van der Waals surface area contributed by atoms with Crippen LogP contribution in [-0.4, -0.2) is 42.1 Å². The number of aliphatic imine (C=N–C) groups is 1. The fourth-order valence-corrected chi connectivity index (χ4v) is 2.77. The van der Waals surface area contributed by atoms with Crippen molar-refractivity contribution < 1.29 is 23.2 Å². The summed E-state index contributed by atoms with van der Waals surface area (Å²) in [6, 6.07) is 12.6. The maximum absolute atomic E-state index is 14.5. The maximum Gasteiger partial charge on any atom is 0.324 e. The first-order valence-electron chi connectivity index (χ1n) is 9.30. The van der Waals surface area contributed by atoms with E-state index in [0.29, 0.717) is 5.56 Å². The molecule has 0 aliphatic rings. The highest BCUT2D eigenvalue weighted by Crippen LogP contribution is 2.24. The van der Waals surface area contributed by atoms with Crippen LogP contribution in [0.3, 0.4) is 0 Å². The van der Waals surface area contributed by atoms with E-state index in [9.17, 15) is 23.2 Å². The zero-order valence-electron chi connectivity index (χ0n) is 16.8. The molecular formula is C21H23F2N5O3. The molecule has 1 atom stereocenters. The third-order valence-corrected chi connectivity index (χ3v) is 4.24. The quantitative estimate of drug-likeness (QED) is 0.350. The van der Waals surface area contributed by atoms with E-state index in [2.05, 4.69) is 10.3 Å². The predicted molar refractivity (Wildman–Crippen MR) is 112 cm³/mol. The van der Waals surface area contributed by atoms with E-state index in [1.807, 2.05) is 5.32 Å². The molecule has 2 amide bonds. The van der Waals surface area contributed by atoms with Gasteiger partial charge < -0.3 is 22.1 Å². The van der Waals surface area contributed by atoms with Crippen molar-refractivity contribution in [1.82, 2.24) is 10.6 Å². The zero-order chi connectivity index (χ0) is 23.0. The minimum absolute atomic E-state index is 0.197. The molecule has 2 rings (SSSR count). The summed E-state index contributed by atoms with van der Waals surface area (Å²) in [6.45, 7) is -0.130. The Labute approximate surface area is 177 Å². The molecule has 2 aromatic carbocycles. The van der Waals surface area contributed by atoms with Crippen molar-refractivity contribution in [2.45, 2.75) is 25.3 Å². The van der Waals surface area contributed by atoms with E-state index in [1.165, 1.54) is 12.1 Å². The van der Waals surface area contributed by atoms with Gasteiger partial charge in [0, 0.05) is 18.9 Å². The molecular weight excluding hydrogens is 408 g/mol. The van der Waals surface area contributed by atoms with Gasteiger partial charge in [-0.15, -0.1) is 0 Å². The number of rotatable bonds is 9. The lowest BCUT2D eigenvalue weighted by molar-refractivity contribution is -0.145. The highest BCUT2D eigenvalue weighted by Gasteiger charge is 2.43. The van der Waals surface area contributed by atoms with Crippen LogP contribution >= 0.6 is 0 Å². The van der Waals surface area contributed by atoms with Gasteiger partial charge in [0.05, 0.1) is 18.3 Å². The van der Waals surface area contributed by atoms with Crippen molar-refractivity contribution in [3.05, 3.63) is 65.7 Å². The molecule has 0 spiro atoms. The Kier molecular flexibility index (Phi) is 7.78. The second-order valence-electron chi connectivity index (χ2n) is 6.74. The Morgan fingerprint density at radius 1 is 1.03 bits per heavy atom. The first-order chi connectivity index (χ1) is 14.6. The van der Waals surface area contributed by atoms with Crippen molar-refractivity contribution in [3.63, 3.8) is 0 Å². The van der Waals surface area contributed by atoms with Crippen LogP contribution in [0.5, 0.6) is 0 Å². The minimum Gasteiger partial charge on any atom is -0.370 e. The van der Waals surface area contributed by atoms with Crippen molar-refractivity contribution in [2.24, 2.45) is 16.5 Å². The molecule has 0 aromatic heterocycles. The molecule has 6 N–H and O–H groups in total. The molecule has 2 aromatic rings. The number of nitrogens with two attached hydrogens (primary N) is 2. The third-order valence-electron chi connectivity index (χ3n) is 4.24. The van der Waals surface area contributed by atoms with Crippen molar-refractivity contribution in [2.75, 3.05) is 6.54 Å². The number of nitrogens with one attached hydrogen (secondary N) is 2. The Bertz CT molecular complexity index is 976. The number of halogens is 2. The number of Topliss-reactive ketones (excluding diaryl/α,β-unsaturated/α-hetero) is 1. The number of guanidine groups is 1. The first kappa shape index (κ1) is 23.5. The molecule has 0 heterocycles. The van der Waals surface area contributed by atoms with E-state index in [0.717, 1.165) is 6.92 Å². The largest absolute Gasteiger partial charge is 0.370 e. The highest BCUT2D eigenvalue weighted by atomic mass is 19.3. The van der Waals surface area contributed by atoms with Crippen LogP contribution in [0.4, 0.5) is 14.5 Å². The monoisotopic (exact) mass is 431 g/mol. The van der Waals surface area contributed by atoms with Gasteiger partial charge >= 0.3 is 5.92 Å². The van der Waals surface area contributed by atoms with Gasteiger partial charge in [-0.05, 0) is 23.8 Å². The number of para-hydroxylation sites is 1. The number of carbonyl (C=O) groups is 3. The van der Waals surface area contributed by atoms with Crippen molar-refractivity contribution in [1.29, 1.82) is 0 Å². The second kappa shape index (κ2) is 10.3. The molecule has 0 aliphatic carbocycles. The first-order valence-corrected chi connectivity index (χ1v) is 9.30. The molecule has 8 nitrogen and oxygen atoms in total. The van der Waals surface area contributed by atoms with Gasteiger partial charge in [0.1, 0.15) is 0 Å². The summed E-state index contributed by atoms with van der Waals surface area (Å²) in [4.78, 5) is 40.2. The summed E-state index contributed by atoms with van der Waals surface area (Å²) in [6.07, 6.45) is -0.292. The molecule has 0 fully saturated rings. The normalized spacial score (nSPS) is 11.8. The van der Waals surface area contributed by atoms with Gasteiger partial charge in [-0.2, -0.15) is 8.78 Å². The topological polar surface area (TPSA) is 140 Å². The van der Waals surface area contributed by atoms with Gasteiger partial charge in [-0.3, -0.25) is 14.4 Å². The number of ketones is 1. The lowest BCUT2D eigenvalue weighted by Gasteiger charge is -2.24. The van der Waals surface area contributed by atoms with Gasteiger partial charge in [0.2, 0.25) is 11.7 Å². The number of benzene rings is 2. The molecule has 0 bridgehead atoms. The number of nitrogens with zero attached hydrogens (tertiary/aromatic N) is 1. The molecule has 0 saturated carbocycles. The summed E-state index contributed by atoms with van der Waals surface area (Å²) < 4.78 is 29.0. The van der Waals surface area contributed by atoms with Crippen LogP contribution < -0.4 is 22.1 Å². The summed E-state index contributed by atoms with van der Waals surface area (Å²) >= 11 is 0. The van der Waals surface area contributed by atoms with E-state index in [4.69, 9.17) is 11.5 Å². The van der Waals surface area contributed by atoms with Crippen LogP contribution in [-0.2, 0) is 16.0 Å². The van der Waals surface area contributed by atoms with Crippen LogP contribution in [0.2, 0.25) is 0 Å². The Morgan fingerprint density at radius 2 is 1.65 bits per heavy atom. The Hall–Kier alpha value is -3.82. The standard InChI is InChI=1S/C21H23F2N5O3/c1-13(29)26-12-21(22,23)18(30)17(27-19(31)14-7-3-2-4-8-14)11-15-9-5-6-10-16(15)28-20(24)25/h2-10,17H,11-12H2,1H3,(H,26,29)(H,27,31)(H4,24,25,28). The SMILES string of the molecule is CC(=O)NCC(F)(F)C(=O)C(Cc1ccccc1N=C(N)N)NC(=O)c1ccccc1. The molecule has 0 aliphatic heterocycles. The molecule has 1 unspecified atom stereocenters. The van der Waals surface area contributed by atoms with Gasteiger partial charge in [-0.25, -0.2) is 4.99 Å². The number of alkyl halides is 2. The van der Waals surface area contributed by atoms with E-state index in [1.54, 1.807) is 42.5 Å². The summed E-state index contributed by atoms with van der Waals surface area (Å²) in [5, 5.41) is 4.29. The lowest BCUT2D eigenvalue weighted by atomic mass is 9.97. The van der Waals surface area contributed by atoms with Crippen molar-refractivity contribution >= 4 is 29.2 Å². The van der Waals surface area contributed by atoms with Gasteiger partial charge in [0.15, 0.2) is 5.96 Å². The molecule has 10 heteroatoms. The zero-order valence-corrected chi connectivity index (χ0v) is 16.8. The summed E-state index contributed by atoms with van der Waals surface area (Å²) in [7, 11) is 0. The van der Waals surface area contributed by atoms with Gasteiger partial charge in [0.25, 0.3) is 5.91 Å². The average molecular weight is 431 g/mol. The van der Waals surface area contributed by atoms with Crippen LogP contribution in [0.1, 0.15) is 22.8 Å². The molecule has 0 radical (unpaired) electrons. The minimum atomic E-state index is -3.91. The van der Waals surface area contributed by atoms with Crippen LogP contribution in [0, 0.1) is 0 Å². The fraction of sp³-hybridized carbons (Fsp3) is 0.238. The number of carbonyl (C=O) groups excluding carboxylic acids is 3. The number of hydrogen-bond donors (Lipinski definition) is 4. The van der Waals surface area contributed by atoms with Crippen LogP contribution in [0.15, 0.2) is 59.6 Å². The Balaban J connectivity index is 2.36. The fourth-order valence-electron chi connectivity index (χ4n) is 2.77. The number of amides is 2. The average Bonchev–Trinajstić information content (AvgIpc) is 2.73. The molecule has 164 valence electrons. The highest BCUT2D eigenvalue weighted by molar-refractivity contribution is 6.00.